The second-order valence-electron chi connectivity index (χ2n) is 7.83. The molecule has 31 heavy (non-hydrogen) atoms. The molecular weight excluding hydrogens is 390 g/mol. The number of nitriles is 1. The van der Waals surface area contributed by atoms with Gasteiger partial charge in [-0.15, -0.1) is 0 Å². The molecule has 0 aromatic heterocycles. The molecule has 0 bridgehead atoms. The molecule has 2 N–H and O–H groups in total. The summed E-state index contributed by atoms with van der Waals surface area (Å²) in [5.41, 5.74) is 7.01. The number of carbonyl (C=O) groups is 2. The largest absolute Gasteiger partial charge is 0.439 e. The summed E-state index contributed by atoms with van der Waals surface area (Å²) in [5, 5.41) is 11.7. The van der Waals surface area contributed by atoms with Gasteiger partial charge in [-0.25, -0.2) is 0 Å². The number of hydrogen-bond donors (Lipinski definition) is 1. The predicted octanol–water partition coefficient (Wildman–Crippen LogP) is 3.39. The van der Waals surface area contributed by atoms with Crippen LogP contribution in [0.4, 0.5) is 5.69 Å². The van der Waals surface area contributed by atoms with Crippen LogP contribution < -0.4 is 10.6 Å². The van der Waals surface area contributed by atoms with E-state index in [1.807, 2.05) is 36.4 Å². The van der Waals surface area contributed by atoms with E-state index in [2.05, 4.69) is 6.07 Å². The number of likely N-dealkylation sites (N-methyl/N-ethyl adjacent to an activating group) is 1. The van der Waals surface area contributed by atoms with E-state index in [9.17, 15) is 14.9 Å². The number of nitrogens with two attached hydrogens (primary N) is 1. The number of ether oxygens (including phenoxy) is 1. The number of anilines is 1. The lowest BCUT2D eigenvalue weighted by molar-refractivity contribution is -0.120. The topological polar surface area (TPSA) is 96.4 Å². The van der Waals surface area contributed by atoms with Crippen molar-refractivity contribution in [3.63, 3.8) is 0 Å². The highest BCUT2D eigenvalue weighted by molar-refractivity contribution is 6.31. The van der Waals surface area contributed by atoms with Gasteiger partial charge in [-0.05, 0) is 11.5 Å². The maximum absolute atomic E-state index is 13.9. The molecule has 6 rings (SSSR count). The number of Topliss-reactive ketones (excluding diaryl/α,β-unsaturated/α-hetero) is 1. The molecule has 148 valence electrons. The molecule has 0 saturated carbocycles. The van der Waals surface area contributed by atoms with Crippen molar-refractivity contribution < 1.29 is 14.3 Å². The van der Waals surface area contributed by atoms with Crippen molar-refractivity contribution in [2.24, 2.45) is 5.73 Å². The minimum absolute atomic E-state index is 0.0621. The molecule has 3 aromatic carbocycles. The third-order valence-electron chi connectivity index (χ3n) is 6.46. The highest BCUT2D eigenvalue weighted by Crippen LogP contribution is 2.57. The lowest BCUT2D eigenvalue weighted by Crippen LogP contribution is -2.48. The Balaban J connectivity index is 1.82. The predicted molar refractivity (Wildman–Crippen MR) is 115 cm³/mol. The first-order valence-corrected chi connectivity index (χ1v) is 9.79. The van der Waals surface area contributed by atoms with Crippen molar-refractivity contribution >= 4 is 33.9 Å². The Hall–Kier alpha value is -4.37. The minimum atomic E-state index is -1.65. The molecule has 3 aromatic rings. The zero-order valence-corrected chi connectivity index (χ0v) is 16.5. The number of nitrogens with zero attached hydrogens (tertiary/aromatic N) is 2. The van der Waals surface area contributed by atoms with E-state index in [0.29, 0.717) is 22.4 Å². The third kappa shape index (κ3) is 1.82. The maximum atomic E-state index is 13.9. The number of carbonyl (C=O) groups excluding carboxylic acids is 2. The van der Waals surface area contributed by atoms with Crippen LogP contribution in [0.1, 0.15) is 21.5 Å². The van der Waals surface area contributed by atoms with Crippen molar-refractivity contribution in [3.8, 4) is 6.07 Å². The van der Waals surface area contributed by atoms with Gasteiger partial charge in [0.1, 0.15) is 22.8 Å². The van der Waals surface area contributed by atoms with Crippen LogP contribution in [0.15, 0.2) is 77.7 Å². The standard InChI is InChI=1S/C25H15N3O3/c1-28-18-11-3-2-10-16(18)25(24(28)30)17(12-26)23(27)31-22-15-9-5-7-13-6-4-8-14(19(13)15)21(29)20(22)25/h2-11H,27H2,1H3. The minimum Gasteiger partial charge on any atom is -0.439 e. The van der Waals surface area contributed by atoms with Crippen LogP contribution in [0, 0.1) is 11.3 Å². The van der Waals surface area contributed by atoms with Gasteiger partial charge in [0.05, 0.1) is 5.57 Å². The van der Waals surface area contributed by atoms with E-state index in [0.717, 1.165) is 10.8 Å². The Morgan fingerprint density at radius 2 is 1.71 bits per heavy atom. The van der Waals surface area contributed by atoms with E-state index >= 15 is 0 Å². The van der Waals surface area contributed by atoms with Gasteiger partial charge in [0.2, 0.25) is 11.8 Å². The fourth-order valence-corrected chi connectivity index (χ4v) is 5.19. The molecule has 0 saturated heterocycles. The molecule has 2 heterocycles. The second kappa shape index (κ2) is 5.61. The van der Waals surface area contributed by atoms with E-state index in [1.54, 1.807) is 31.3 Å². The Bertz CT molecular complexity index is 1490. The zero-order valence-electron chi connectivity index (χ0n) is 16.5. The number of rotatable bonds is 0. The number of benzene rings is 3. The lowest BCUT2D eigenvalue weighted by Gasteiger charge is -2.37. The quantitative estimate of drug-likeness (QED) is 0.618. The molecule has 0 radical (unpaired) electrons. The summed E-state index contributed by atoms with van der Waals surface area (Å²) in [5.74, 6) is -0.657. The van der Waals surface area contributed by atoms with Gasteiger partial charge in [-0.2, -0.15) is 5.26 Å². The SMILES string of the molecule is CN1C(=O)C2(C(C#N)=C(N)OC3=C2C(=O)c2cccc4cccc3c24)c2ccccc21. The van der Waals surface area contributed by atoms with Crippen LogP contribution in [-0.2, 0) is 14.9 Å². The van der Waals surface area contributed by atoms with Crippen molar-refractivity contribution in [1.29, 1.82) is 5.26 Å². The summed E-state index contributed by atoms with van der Waals surface area (Å²) in [6.07, 6.45) is 0. The average Bonchev–Trinajstić information content (AvgIpc) is 3.00. The van der Waals surface area contributed by atoms with Gasteiger partial charge in [-0.1, -0.05) is 54.6 Å². The van der Waals surface area contributed by atoms with Crippen molar-refractivity contribution in [1.82, 2.24) is 0 Å². The summed E-state index contributed by atoms with van der Waals surface area (Å²) in [6.45, 7) is 0. The molecule has 2 aliphatic heterocycles. The Kier molecular flexibility index (Phi) is 3.17. The molecule has 1 amide bonds. The van der Waals surface area contributed by atoms with Crippen LogP contribution in [0.25, 0.3) is 16.5 Å². The summed E-state index contributed by atoms with van der Waals surface area (Å²) in [4.78, 5) is 29.3. The molecule has 1 spiro atoms. The van der Waals surface area contributed by atoms with Crippen LogP contribution >= 0.6 is 0 Å². The highest BCUT2D eigenvalue weighted by atomic mass is 16.5. The number of fused-ring (bicyclic) bond motifs is 4. The molecule has 6 heteroatoms. The van der Waals surface area contributed by atoms with Crippen molar-refractivity contribution in [2.45, 2.75) is 5.41 Å². The van der Waals surface area contributed by atoms with E-state index in [-0.39, 0.29) is 28.6 Å². The lowest BCUT2D eigenvalue weighted by atomic mass is 9.64. The third-order valence-corrected chi connectivity index (χ3v) is 6.46. The van der Waals surface area contributed by atoms with Gasteiger partial charge >= 0.3 is 0 Å². The van der Waals surface area contributed by atoms with Gasteiger partial charge in [0.25, 0.3) is 0 Å². The first kappa shape index (κ1) is 17.5. The first-order valence-electron chi connectivity index (χ1n) is 9.79. The van der Waals surface area contributed by atoms with E-state index < -0.39 is 11.3 Å². The van der Waals surface area contributed by atoms with Gasteiger partial charge in [0, 0.05) is 34.8 Å². The van der Waals surface area contributed by atoms with Crippen LogP contribution in [-0.4, -0.2) is 18.7 Å². The Morgan fingerprint density at radius 1 is 1.00 bits per heavy atom. The summed E-state index contributed by atoms with van der Waals surface area (Å²) in [7, 11) is 1.64. The summed E-state index contributed by atoms with van der Waals surface area (Å²) < 4.78 is 5.92. The number of amides is 1. The smallest absolute Gasteiger partial charge is 0.247 e. The molecule has 3 aliphatic rings. The monoisotopic (exact) mass is 405 g/mol. The fourth-order valence-electron chi connectivity index (χ4n) is 5.19. The summed E-state index contributed by atoms with van der Waals surface area (Å²) in [6, 6.07) is 20.4. The number of para-hydroxylation sites is 1. The zero-order chi connectivity index (χ0) is 21.5. The van der Waals surface area contributed by atoms with Gasteiger partial charge < -0.3 is 15.4 Å². The van der Waals surface area contributed by atoms with E-state index in [4.69, 9.17) is 10.5 Å². The normalized spacial score (nSPS) is 21.4. The number of hydrogen-bond acceptors (Lipinski definition) is 5. The first-order chi connectivity index (χ1) is 15.0. The fraction of sp³-hybridized carbons (Fsp3) is 0.0800. The number of ketones is 1. The molecular formula is C25H15N3O3. The molecule has 1 unspecified atom stereocenters. The van der Waals surface area contributed by atoms with Crippen molar-refractivity contribution in [3.05, 3.63) is 94.4 Å². The maximum Gasteiger partial charge on any atom is 0.247 e. The Morgan fingerprint density at radius 3 is 2.45 bits per heavy atom. The van der Waals surface area contributed by atoms with Gasteiger partial charge in [0.15, 0.2) is 5.78 Å². The van der Waals surface area contributed by atoms with Gasteiger partial charge in [-0.3, -0.25) is 9.59 Å². The van der Waals surface area contributed by atoms with E-state index in [1.165, 1.54) is 4.90 Å². The summed E-state index contributed by atoms with van der Waals surface area (Å²) >= 11 is 0. The molecule has 1 atom stereocenters. The van der Waals surface area contributed by atoms with Crippen LogP contribution in [0.5, 0.6) is 0 Å². The Labute approximate surface area is 177 Å². The molecule has 1 aliphatic carbocycles. The average molecular weight is 405 g/mol. The second-order valence-corrected chi connectivity index (χ2v) is 7.83. The van der Waals surface area contributed by atoms with Crippen LogP contribution in [0.2, 0.25) is 0 Å². The molecule has 6 nitrogen and oxygen atoms in total. The highest BCUT2D eigenvalue weighted by Gasteiger charge is 2.62. The molecule has 0 fully saturated rings. The van der Waals surface area contributed by atoms with Crippen molar-refractivity contribution in [2.75, 3.05) is 11.9 Å². The van der Waals surface area contributed by atoms with Crippen LogP contribution in [0.3, 0.4) is 0 Å².